The summed E-state index contributed by atoms with van der Waals surface area (Å²) in [5.74, 6) is 2.30. The number of benzene rings is 3. The highest BCUT2D eigenvalue weighted by atomic mass is 16.3. The Morgan fingerprint density at radius 1 is 0.826 bits per heavy atom. The minimum atomic E-state index is 0.0298. The topological polar surface area (TPSA) is 113 Å². The molecule has 5 heterocycles. The fourth-order valence-electron chi connectivity index (χ4n) is 7.03. The van der Waals surface area contributed by atoms with Gasteiger partial charge < -0.3 is 15.7 Å². The van der Waals surface area contributed by atoms with E-state index in [2.05, 4.69) is 55.7 Å². The van der Waals surface area contributed by atoms with E-state index in [-0.39, 0.29) is 5.75 Å². The van der Waals surface area contributed by atoms with Gasteiger partial charge in [0.15, 0.2) is 17.8 Å². The van der Waals surface area contributed by atoms with Crippen molar-refractivity contribution in [3.05, 3.63) is 114 Å². The molecule has 6 aromatic rings. The molecule has 0 bridgehead atoms. The molecule has 2 saturated heterocycles. The van der Waals surface area contributed by atoms with Gasteiger partial charge in [-0.15, -0.1) is 0 Å². The number of hydrogen-bond donors (Lipinski definition) is 2. The fraction of sp³-hybridized carbons (Fsp3) is 0.189. The molecule has 9 heteroatoms. The number of hydrogen-bond acceptors (Lipinski definition) is 8. The Kier molecular flexibility index (Phi) is 6.95. The molecule has 0 amide bonds. The van der Waals surface area contributed by atoms with Gasteiger partial charge in [-0.1, -0.05) is 42.5 Å². The first-order chi connectivity index (χ1) is 22.5. The van der Waals surface area contributed by atoms with Crippen molar-refractivity contribution in [2.75, 3.05) is 36.8 Å². The second-order valence-electron chi connectivity index (χ2n) is 12.3. The van der Waals surface area contributed by atoms with Crippen molar-refractivity contribution in [3.63, 3.8) is 0 Å². The van der Waals surface area contributed by atoms with Gasteiger partial charge in [-0.3, -0.25) is 14.3 Å². The van der Waals surface area contributed by atoms with Crippen LogP contribution in [0.3, 0.4) is 0 Å². The Morgan fingerprint density at radius 3 is 2.33 bits per heavy atom. The van der Waals surface area contributed by atoms with Crippen molar-refractivity contribution < 1.29 is 9.90 Å². The quantitative estimate of drug-likeness (QED) is 0.219. The minimum Gasteiger partial charge on any atom is -0.507 e. The zero-order valence-corrected chi connectivity index (χ0v) is 25.2. The summed E-state index contributed by atoms with van der Waals surface area (Å²) in [4.78, 5) is 30.6. The number of imidazole rings is 1. The molecule has 8 rings (SSSR count). The number of nitrogen functional groups attached to an aromatic ring is 1. The maximum absolute atomic E-state index is 11.3. The Hall–Kier alpha value is -5.54. The van der Waals surface area contributed by atoms with E-state index in [1.54, 1.807) is 18.3 Å². The third-order valence-electron chi connectivity index (χ3n) is 9.32. The zero-order valence-electron chi connectivity index (χ0n) is 25.2. The molecule has 2 atom stereocenters. The Balaban J connectivity index is 1.04. The Morgan fingerprint density at radius 2 is 1.59 bits per heavy atom. The molecule has 3 aromatic heterocycles. The van der Waals surface area contributed by atoms with E-state index in [0.29, 0.717) is 35.3 Å². The molecule has 2 fully saturated rings. The number of rotatable bonds is 7. The first-order valence-electron chi connectivity index (χ1n) is 15.5. The average molecular weight is 608 g/mol. The first kappa shape index (κ1) is 28.0. The van der Waals surface area contributed by atoms with Gasteiger partial charge in [-0.25, -0.2) is 15.0 Å². The van der Waals surface area contributed by atoms with Gasteiger partial charge in [0, 0.05) is 55.9 Å². The second kappa shape index (κ2) is 11.4. The standard InChI is InChI=1S/C37H33N7O2/c38-35-31(7-4-16-39-35)36-41-33-14-13-32(25-5-2-1-3-6-25)40-37(33)44(36)29-10-8-24(9-11-29)18-42-19-27-21-43(22-28(27)20-42)30-12-15-34(46)26(17-30)23-45/h1-17,23,27-28,46H,18-22H2,(H2,38,39). The molecule has 46 heavy (non-hydrogen) atoms. The lowest BCUT2D eigenvalue weighted by atomic mass is 10.0. The maximum atomic E-state index is 11.3. The summed E-state index contributed by atoms with van der Waals surface area (Å²) in [5, 5.41) is 9.89. The normalized spacial score (nSPS) is 17.9. The van der Waals surface area contributed by atoms with Crippen LogP contribution in [0, 0.1) is 11.8 Å². The zero-order chi connectivity index (χ0) is 31.2. The third-order valence-corrected chi connectivity index (χ3v) is 9.32. The van der Waals surface area contributed by atoms with E-state index in [1.165, 1.54) is 5.56 Å². The lowest BCUT2D eigenvalue weighted by Gasteiger charge is -2.23. The molecule has 0 radical (unpaired) electrons. The molecule has 2 aliphatic rings. The number of carbonyl (C=O) groups is 1. The van der Waals surface area contributed by atoms with Crippen molar-refractivity contribution in [1.82, 2.24) is 24.4 Å². The monoisotopic (exact) mass is 607 g/mol. The van der Waals surface area contributed by atoms with Crippen LogP contribution >= 0.6 is 0 Å². The van der Waals surface area contributed by atoms with Crippen molar-refractivity contribution in [2.24, 2.45) is 11.8 Å². The number of pyridine rings is 2. The predicted octanol–water partition coefficient (Wildman–Crippen LogP) is 5.82. The fourth-order valence-corrected chi connectivity index (χ4v) is 7.03. The molecule has 0 saturated carbocycles. The Labute approximate surface area is 266 Å². The molecular formula is C37H33N7O2. The number of aromatic nitrogens is 4. The van der Waals surface area contributed by atoms with Crippen molar-refractivity contribution in [1.29, 1.82) is 0 Å². The molecule has 0 spiro atoms. The molecule has 228 valence electrons. The number of nitrogens with zero attached hydrogens (tertiary/aromatic N) is 6. The number of likely N-dealkylation sites (tertiary alicyclic amines) is 1. The highest BCUT2D eigenvalue weighted by Gasteiger charge is 2.40. The number of aromatic hydroxyl groups is 1. The van der Waals surface area contributed by atoms with E-state index >= 15 is 0 Å². The van der Waals surface area contributed by atoms with Crippen LogP contribution in [0.15, 0.2) is 103 Å². The molecular weight excluding hydrogens is 574 g/mol. The Bertz CT molecular complexity index is 2040. The van der Waals surface area contributed by atoms with Crippen LogP contribution in [0.5, 0.6) is 5.75 Å². The third kappa shape index (κ3) is 5.04. The number of phenols is 1. The maximum Gasteiger partial charge on any atom is 0.165 e. The van der Waals surface area contributed by atoms with Crippen LogP contribution in [0.25, 0.3) is 39.5 Å². The number of carbonyl (C=O) groups excluding carboxylic acids is 1. The number of fused-ring (bicyclic) bond motifs is 2. The highest BCUT2D eigenvalue weighted by Crippen LogP contribution is 2.36. The minimum absolute atomic E-state index is 0.0298. The van der Waals surface area contributed by atoms with Gasteiger partial charge in [-0.2, -0.15) is 0 Å². The summed E-state index contributed by atoms with van der Waals surface area (Å²) in [6.45, 7) is 4.85. The predicted molar refractivity (Wildman–Crippen MR) is 180 cm³/mol. The van der Waals surface area contributed by atoms with Crippen molar-refractivity contribution in [3.8, 4) is 34.1 Å². The van der Waals surface area contributed by atoms with E-state index in [1.807, 2.05) is 48.5 Å². The molecule has 9 nitrogen and oxygen atoms in total. The van der Waals surface area contributed by atoms with Crippen LogP contribution in [0.4, 0.5) is 11.5 Å². The van der Waals surface area contributed by atoms with Gasteiger partial charge in [0.25, 0.3) is 0 Å². The van der Waals surface area contributed by atoms with E-state index < -0.39 is 0 Å². The summed E-state index contributed by atoms with van der Waals surface area (Å²) in [7, 11) is 0. The lowest BCUT2D eigenvalue weighted by Crippen LogP contribution is -2.28. The molecule has 3 N–H and O–H groups in total. The smallest absolute Gasteiger partial charge is 0.165 e. The number of aldehydes is 1. The summed E-state index contributed by atoms with van der Waals surface area (Å²) in [5.41, 5.74) is 14.1. The number of phenolic OH excluding ortho intramolecular Hbond substituents is 1. The van der Waals surface area contributed by atoms with E-state index in [9.17, 15) is 9.90 Å². The van der Waals surface area contributed by atoms with Crippen LogP contribution in [-0.4, -0.2) is 62.0 Å². The van der Waals surface area contributed by atoms with Gasteiger partial charge in [-0.05, 0) is 72.0 Å². The molecule has 2 aliphatic heterocycles. The second-order valence-corrected chi connectivity index (χ2v) is 12.3. The van der Waals surface area contributed by atoms with Crippen LogP contribution in [-0.2, 0) is 6.54 Å². The molecule has 0 aliphatic carbocycles. The number of nitrogens with two attached hydrogens (primary N) is 1. The van der Waals surface area contributed by atoms with Crippen molar-refractivity contribution >= 4 is 29.0 Å². The molecule has 3 aromatic carbocycles. The lowest BCUT2D eigenvalue weighted by molar-refractivity contribution is 0.112. The summed E-state index contributed by atoms with van der Waals surface area (Å²) < 4.78 is 2.08. The van der Waals surface area contributed by atoms with Crippen LogP contribution in [0.2, 0.25) is 0 Å². The summed E-state index contributed by atoms with van der Waals surface area (Å²) in [6.07, 6.45) is 2.40. The summed E-state index contributed by atoms with van der Waals surface area (Å²) >= 11 is 0. The number of anilines is 2. The van der Waals surface area contributed by atoms with Gasteiger partial charge in [0.2, 0.25) is 0 Å². The highest BCUT2D eigenvalue weighted by molar-refractivity contribution is 5.84. The average Bonchev–Trinajstić information content (AvgIpc) is 3.77. The van der Waals surface area contributed by atoms with E-state index in [0.717, 1.165) is 72.1 Å². The van der Waals surface area contributed by atoms with Gasteiger partial charge >= 0.3 is 0 Å². The van der Waals surface area contributed by atoms with Crippen LogP contribution in [0.1, 0.15) is 15.9 Å². The SMILES string of the molecule is Nc1ncccc1-c1nc2ccc(-c3ccccc3)nc2n1-c1ccc(CN2CC3CN(c4ccc(O)c(C=O)c4)CC3C2)cc1. The van der Waals surface area contributed by atoms with Crippen molar-refractivity contribution in [2.45, 2.75) is 6.54 Å². The first-order valence-corrected chi connectivity index (χ1v) is 15.5. The largest absolute Gasteiger partial charge is 0.507 e. The van der Waals surface area contributed by atoms with Gasteiger partial charge in [0.1, 0.15) is 17.1 Å². The summed E-state index contributed by atoms with van der Waals surface area (Å²) in [6, 6.07) is 32.0. The van der Waals surface area contributed by atoms with E-state index in [4.69, 9.17) is 15.7 Å². The molecule has 2 unspecified atom stereocenters. The van der Waals surface area contributed by atoms with Gasteiger partial charge in [0.05, 0.1) is 16.8 Å². The van der Waals surface area contributed by atoms with Crippen LogP contribution < -0.4 is 10.6 Å².